The van der Waals surface area contributed by atoms with Crippen LogP contribution in [0.25, 0.3) is 0 Å². The second kappa shape index (κ2) is 10.7. The predicted octanol–water partition coefficient (Wildman–Crippen LogP) is 0.760. The number of hydrogen-bond donors (Lipinski definition) is 2. The van der Waals surface area contributed by atoms with E-state index in [2.05, 4.69) is 21.5 Å². The molecule has 1 rings (SSSR count). The molecule has 0 radical (unpaired) electrons. The molecule has 19 heavy (non-hydrogen) atoms. The number of ether oxygens (including phenoxy) is 2. The summed E-state index contributed by atoms with van der Waals surface area (Å²) in [6.45, 7) is 6.49. The molecule has 0 aliphatic carbocycles. The van der Waals surface area contributed by atoms with E-state index in [1.807, 2.05) is 6.92 Å². The summed E-state index contributed by atoms with van der Waals surface area (Å²) in [7, 11) is 0. The Kier molecular flexibility index (Phi) is 8.86. The summed E-state index contributed by atoms with van der Waals surface area (Å²) in [5.41, 5.74) is 0. The predicted molar refractivity (Wildman–Crippen MR) is 77.2 cm³/mol. The highest BCUT2D eigenvalue weighted by Crippen LogP contribution is 2.10. The fourth-order valence-electron chi connectivity index (χ4n) is 1.82. The van der Waals surface area contributed by atoms with Crippen molar-refractivity contribution in [3.63, 3.8) is 0 Å². The van der Waals surface area contributed by atoms with Gasteiger partial charge in [-0.05, 0) is 26.2 Å². The largest absolute Gasteiger partial charge is 0.381 e. The van der Waals surface area contributed by atoms with Gasteiger partial charge in [0, 0.05) is 32.9 Å². The van der Waals surface area contributed by atoms with Crippen molar-refractivity contribution in [1.82, 2.24) is 10.6 Å². The highest BCUT2D eigenvalue weighted by Gasteiger charge is 2.13. The number of guanidine groups is 1. The van der Waals surface area contributed by atoms with Gasteiger partial charge in [0.15, 0.2) is 5.96 Å². The third-order valence-corrected chi connectivity index (χ3v) is 2.80. The van der Waals surface area contributed by atoms with Gasteiger partial charge in [-0.1, -0.05) is 5.92 Å². The van der Waals surface area contributed by atoms with Crippen molar-refractivity contribution in [2.45, 2.75) is 32.3 Å². The Labute approximate surface area is 116 Å². The quantitative estimate of drug-likeness (QED) is 0.309. The van der Waals surface area contributed by atoms with E-state index in [-0.39, 0.29) is 0 Å². The molecule has 0 spiro atoms. The van der Waals surface area contributed by atoms with E-state index in [0.717, 1.165) is 58.1 Å². The Hall–Kier alpha value is -1.25. The number of rotatable bonds is 7. The minimum atomic E-state index is 0.366. The van der Waals surface area contributed by atoms with Crippen LogP contribution in [0.15, 0.2) is 4.99 Å². The molecule has 0 saturated carbocycles. The maximum absolute atomic E-state index is 5.78. The van der Waals surface area contributed by atoms with Gasteiger partial charge in [0.25, 0.3) is 0 Å². The number of terminal acetylenes is 1. The van der Waals surface area contributed by atoms with Crippen LogP contribution in [0, 0.1) is 12.3 Å². The summed E-state index contributed by atoms with van der Waals surface area (Å²) in [5, 5.41) is 6.20. The fourth-order valence-corrected chi connectivity index (χ4v) is 1.82. The molecule has 1 fully saturated rings. The van der Waals surface area contributed by atoms with Crippen LogP contribution in [0.1, 0.15) is 26.2 Å². The van der Waals surface area contributed by atoms with E-state index in [1.165, 1.54) is 0 Å². The SMILES string of the molecule is C#CCNC(=NCCCOC1CCOCC1)NCC. The van der Waals surface area contributed by atoms with Gasteiger partial charge in [-0.2, -0.15) is 0 Å². The second-order valence-corrected chi connectivity index (χ2v) is 4.35. The maximum atomic E-state index is 5.78. The van der Waals surface area contributed by atoms with Crippen molar-refractivity contribution >= 4 is 5.96 Å². The number of aliphatic imine (C=N–C) groups is 1. The van der Waals surface area contributed by atoms with E-state index >= 15 is 0 Å². The summed E-state index contributed by atoms with van der Waals surface area (Å²) < 4.78 is 11.1. The van der Waals surface area contributed by atoms with Gasteiger partial charge in [0.2, 0.25) is 0 Å². The van der Waals surface area contributed by atoms with E-state index in [9.17, 15) is 0 Å². The smallest absolute Gasteiger partial charge is 0.192 e. The molecule has 1 aliphatic rings. The van der Waals surface area contributed by atoms with E-state index in [4.69, 9.17) is 15.9 Å². The molecule has 5 nitrogen and oxygen atoms in total. The Morgan fingerprint density at radius 1 is 1.42 bits per heavy atom. The summed E-state index contributed by atoms with van der Waals surface area (Å²) >= 11 is 0. The normalized spacial score (nSPS) is 16.9. The molecule has 2 N–H and O–H groups in total. The average Bonchev–Trinajstić information content (AvgIpc) is 2.45. The number of nitrogens with one attached hydrogen (secondary N) is 2. The fraction of sp³-hybridized carbons (Fsp3) is 0.786. The lowest BCUT2D eigenvalue weighted by atomic mass is 10.1. The molecule has 0 aromatic carbocycles. The van der Waals surface area contributed by atoms with E-state index in [1.54, 1.807) is 0 Å². The molecule has 0 aromatic heterocycles. The summed E-state index contributed by atoms with van der Waals surface area (Å²) in [5.74, 6) is 3.30. The molecule has 0 amide bonds. The Balaban J connectivity index is 2.10. The minimum absolute atomic E-state index is 0.366. The molecule has 108 valence electrons. The topological polar surface area (TPSA) is 54.9 Å². The summed E-state index contributed by atoms with van der Waals surface area (Å²) in [4.78, 5) is 4.43. The lowest BCUT2D eigenvalue weighted by Gasteiger charge is -2.22. The zero-order chi connectivity index (χ0) is 13.8. The van der Waals surface area contributed by atoms with Crippen LogP contribution in [0.3, 0.4) is 0 Å². The highest BCUT2D eigenvalue weighted by atomic mass is 16.5. The van der Waals surface area contributed by atoms with Crippen LogP contribution in [0.4, 0.5) is 0 Å². The van der Waals surface area contributed by atoms with Crippen molar-refractivity contribution in [3.8, 4) is 12.3 Å². The summed E-state index contributed by atoms with van der Waals surface area (Å²) in [6.07, 6.45) is 8.51. The van der Waals surface area contributed by atoms with Crippen molar-refractivity contribution in [3.05, 3.63) is 0 Å². The first-order chi connectivity index (χ1) is 9.36. The molecular formula is C14H25N3O2. The average molecular weight is 267 g/mol. The Morgan fingerprint density at radius 2 is 2.21 bits per heavy atom. The molecule has 0 bridgehead atoms. The molecule has 1 saturated heterocycles. The first-order valence-corrected chi connectivity index (χ1v) is 7.01. The highest BCUT2D eigenvalue weighted by molar-refractivity contribution is 5.79. The zero-order valence-corrected chi connectivity index (χ0v) is 11.8. The number of nitrogens with zero attached hydrogens (tertiary/aromatic N) is 1. The van der Waals surface area contributed by atoms with Crippen LogP contribution < -0.4 is 10.6 Å². The zero-order valence-electron chi connectivity index (χ0n) is 11.8. The minimum Gasteiger partial charge on any atom is -0.381 e. The summed E-state index contributed by atoms with van der Waals surface area (Å²) in [6, 6.07) is 0. The van der Waals surface area contributed by atoms with Gasteiger partial charge in [-0.25, -0.2) is 0 Å². The maximum Gasteiger partial charge on any atom is 0.192 e. The third-order valence-electron chi connectivity index (χ3n) is 2.80. The van der Waals surface area contributed by atoms with Crippen molar-refractivity contribution in [2.75, 3.05) is 39.5 Å². The van der Waals surface area contributed by atoms with E-state index in [0.29, 0.717) is 12.6 Å². The lowest BCUT2D eigenvalue weighted by molar-refractivity contribution is -0.0318. The molecule has 1 heterocycles. The standard InChI is InChI=1S/C14H25N3O2/c1-3-8-16-14(15-4-2)17-9-5-10-19-13-6-11-18-12-7-13/h1,13H,4-12H2,2H3,(H2,15,16,17). The molecule has 1 aliphatic heterocycles. The van der Waals surface area contributed by atoms with E-state index < -0.39 is 0 Å². The van der Waals surface area contributed by atoms with Crippen LogP contribution in [0.5, 0.6) is 0 Å². The lowest BCUT2D eigenvalue weighted by Crippen LogP contribution is -2.37. The van der Waals surface area contributed by atoms with Crippen LogP contribution in [-0.4, -0.2) is 51.5 Å². The van der Waals surface area contributed by atoms with Crippen LogP contribution in [-0.2, 0) is 9.47 Å². The van der Waals surface area contributed by atoms with Gasteiger partial charge in [-0.3, -0.25) is 4.99 Å². The first-order valence-electron chi connectivity index (χ1n) is 7.01. The van der Waals surface area contributed by atoms with Crippen LogP contribution in [0.2, 0.25) is 0 Å². The van der Waals surface area contributed by atoms with Gasteiger partial charge in [0.1, 0.15) is 0 Å². The van der Waals surface area contributed by atoms with Crippen molar-refractivity contribution in [2.24, 2.45) is 4.99 Å². The molecule has 0 atom stereocenters. The third kappa shape index (κ3) is 7.70. The monoisotopic (exact) mass is 267 g/mol. The van der Waals surface area contributed by atoms with Gasteiger partial charge in [0.05, 0.1) is 12.6 Å². The van der Waals surface area contributed by atoms with Crippen LogP contribution >= 0.6 is 0 Å². The Morgan fingerprint density at radius 3 is 2.89 bits per heavy atom. The van der Waals surface area contributed by atoms with Gasteiger partial charge < -0.3 is 20.1 Å². The van der Waals surface area contributed by atoms with Gasteiger partial charge >= 0.3 is 0 Å². The first kappa shape index (κ1) is 15.8. The molecule has 5 heteroatoms. The Bertz CT molecular complexity index is 294. The molecule has 0 aromatic rings. The van der Waals surface area contributed by atoms with Gasteiger partial charge in [-0.15, -0.1) is 6.42 Å². The second-order valence-electron chi connectivity index (χ2n) is 4.35. The van der Waals surface area contributed by atoms with Crippen molar-refractivity contribution in [1.29, 1.82) is 0 Å². The number of hydrogen-bond acceptors (Lipinski definition) is 3. The van der Waals surface area contributed by atoms with Crippen molar-refractivity contribution < 1.29 is 9.47 Å². The molecular weight excluding hydrogens is 242 g/mol. The molecule has 0 unspecified atom stereocenters.